The molecule has 3 unspecified atom stereocenters. The molecular weight excluding hydrogens is 444 g/mol. The first-order chi connectivity index (χ1) is 16.9. The van der Waals surface area contributed by atoms with E-state index < -0.39 is 18.0 Å². The van der Waals surface area contributed by atoms with Crippen molar-refractivity contribution in [3.8, 4) is 11.1 Å². The van der Waals surface area contributed by atoms with Crippen LogP contribution in [0.3, 0.4) is 0 Å². The number of fused-ring (bicyclic) bond motifs is 3. The number of amides is 2. The van der Waals surface area contributed by atoms with Gasteiger partial charge in [0.15, 0.2) is 0 Å². The third-order valence-corrected chi connectivity index (χ3v) is 8.03. The molecule has 7 nitrogen and oxygen atoms in total. The number of aliphatic carboxylic acids is 1. The molecule has 0 aromatic heterocycles. The van der Waals surface area contributed by atoms with E-state index in [0.29, 0.717) is 26.1 Å². The van der Waals surface area contributed by atoms with Crippen molar-refractivity contribution in [2.45, 2.75) is 44.6 Å². The fraction of sp³-hybridized carbons (Fsp3) is 0.464. The van der Waals surface area contributed by atoms with Gasteiger partial charge in [0.2, 0.25) is 5.91 Å². The SMILES string of the molecule is CC(C(=O)O)C1CN(C(=O)CC2CCC(NC(=O)OCC3c4ccccc4-c4ccccc43)C2)C1. The number of hydrogen-bond donors (Lipinski definition) is 2. The molecule has 2 aliphatic carbocycles. The van der Waals surface area contributed by atoms with Gasteiger partial charge in [0.25, 0.3) is 0 Å². The zero-order chi connectivity index (χ0) is 24.5. The summed E-state index contributed by atoms with van der Waals surface area (Å²) in [5.74, 6) is -0.825. The number of nitrogens with zero attached hydrogens (tertiary/aromatic N) is 1. The summed E-state index contributed by atoms with van der Waals surface area (Å²) in [6.07, 6.45) is 2.54. The zero-order valence-corrected chi connectivity index (χ0v) is 20.0. The first-order valence-electron chi connectivity index (χ1n) is 12.5. The molecule has 1 aliphatic heterocycles. The third kappa shape index (κ3) is 4.77. The largest absolute Gasteiger partial charge is 0.481 e. The number of nitrogens with one attached hydrogen (secondary N) is 1. The van der Waals surface area contributed by atoms with Crippen LogP contribution in [-0.4, -0.2) is 53.7 Å². The van der Waals surface area contributed by atoms with Crippen LogP contribution in [0, 0.1) is 17.8 Å². The number of carboxylic acids is 1. The number of carbonyl (C=O) groups is 3. The summed E-state index contributed by atoms with van der Waals surface area (Å²) in [7, 11) is 0. The zero-order valence-electron chi connectivity index (χ0n) is 20.0. The summed E-state index contributed by atoms with van der Waals surface area (Å²) in [5.41, 5.74) is 4.77. The van der Waals surface area contributed by atoms with Crippen LogP contribution in [0.4, 0.5) is 4.79 Å². The van der Waals surface area contributed by atoms with Crippen molar-refractivity contribution >= 4 is 18.0 Å². The molecule has 3 atom stereocenters. The molecule has 2 fully saturated rings. The van der Waals surface area contributed by atoms with E-state index in [1.54, 1.807) is 11.8 Å². The topological polar surface area (TPSA) is 95.9 Å². The van der Waals surface area contributed by atoms with E-state index in [1.165, 1.54) is 22.3 Å². The molecule has 3 aliphatic rings. The van der Waals surface area contributed by atoms with Crippen molar-refractivity contribution in [2.24, 2.45) is 17.8 Å². The van der Waals surface area contributed by atoms with Gasteiger partial charge in [-0.1, -0.05) is 55.5 Å². The number of hydrogen-bond acceptors (Lipinski definition) is 4. The summed E-state index contributed by atoms with van der Waals surface area (Å²) in [5, 5.41) is 12.1. The van der Waals surface area contributed by atoms with Crippen molar-refractivity contribution < 1.29 is 24.2 Å². The van der Waals surface area contributed by atoms with E-state index in [2.05, 4.69) is 29.6 Å². The highest BCUT2D eigenvalue weighted by Gasteiger charge is 2.38. The lowest BCUT2D eigenvalue weighted by molar-refractivity contribution is -0.150. The van der Waals surface area contributed by atoms with Gasteiger partial charge >= 0.3 is 12.1 Å². The van der Waals surface area contributed by atoms with Crippen molar-refractivity contribution in [3.63, 3.8) is 0 Å². The molecule has 5 rings (SSSR count). The summed E-state index contributed by atoms with van der Waals surface area (Å²) in [6.45, 7) is 3.05. The molecule has 2 aromatic rings. The fourth-order valence-electron chi connectivity index (χ4n) is 5.81. The lowest BCUT2D eigenvalue weighted by Gasteiger charge is -2.41. The van der Waals surface area contributed by atoms with Crippen LogP contribution >= 0.6 is 0 Å². The maximum Gasteiger partial charge on any atom is 0.407 e. The Kier molecular flexibility index (Phi) is 6.50. The predicted molar refractivity (Wildman–Crippen MR) is 131 cm³/mol. The average Bonchev–Trinajstić information content (AvgIpc) is 3.38. The van der Waals surface area contributed by atoms with E-state index in [1.807, 2.05) is 24.3 Å². The van der Waals surface area contributed by atoms with Gasteiger partial charge in [-0.15, -0.1) is 0 Å². The van der Waals surface area contributed by atoms with Crippen LogP contribution in [0.25, 0.3) is 11.1 Å². The highest BCUT2D eigenvalue weighted by atomic mass is 16.5. The molecule has 2 aromatic carbocycles. The number of carbonyl (C=O) groups excluding carboxylic acids is 2. The number of rotatable bonds is 7. The van der Waals surface area contributed by atoms with Crippen LogP contribution in [-0.2, 0) is 14.3 Å². The van der Waals surface area contributed by atoms with Crippen LogP contribution in [0.2, 0.25) is 0 Å². The van der Waals surface area contributed by atoms with E-state index >= 15 is 0 Å². The van der Waals surface area contributed by atoms with Crippen LogP contribution in [0.1, 0.15) is 49.7 Å². The molecular formula is C28H32N2O5. The Morgan fingerprint density at radius 3 is 2.29 bits per heavy atom. The Bertz CT molecular complexity index is 1080. The maximum absolute atomic E-state index is 12.6. The van der Waals surface area contributed by atoms with Crippen LogP contribution in [0.5, 0.6) is 0 Å². The Labute approximate surface area is 205 Å². The minimum Gasteiger partial charge on any atom is -0.481 e. The second-order valence-electron chi connectivity index (χ2n) is 10.2. The van der Waals surface area contributed by atoms with Crippen molar-refractivity contribution in [1.29, 1.82) is 0 Å². The summed E-state index contributed by atoms with van der Waals surface area (Å²) < 4.78 is 5.66. The maximum atomic E-state index is 12.6. The van der Waals surface area contributed by atoms with Gasteiger partial charge in [0, 0.05) is 37.4 Å². The lowest BCUT2D eigenvalue weighted by Crippen LogP contribution is -2.53. The number of alkyl carbamates (subject to hydrolysis) is 1. The molecule has 35 heavy (non-hydrogen) atoms. The highest BCUT2D eigenvalue weighted by Crippen LogP contribution is 2.44. The van der Waals surface area contributed by atoms with E-state index in [0.717, 1.165) is 19.3 Å². The standard InChI is InChI=1S/C28H32N2O5/c1-17(27(32)33)19-14-30(15-19)26(31)13-18-10-11-20(12-18)29-28(34)35-16-25-23-8-4-2-6-21(23)22-7-3-5-9-24(22)25/h2-9,17-20,25H,10-16H2,1H3,(H,29,34)(H,32,33). The minimum absolute atomic E-state index is 0.0135. The van der Waals surface area contributed by atoms with Gasteiger partial charge in [-0.25, -0.2) is 4.79 Å². The van der Waals surface area contributed by atoms with E-state index in [9.17, 15) is 14.4 Å². The second kappa shape index (κ2) is 9.72. The van der Waals surface area contributed by atoms with Crippen molar-refractivity contribution in [3.05, 3.63) is 59.7 Å². The lowest BCUT2D eigenvalue weighted by atomic mass is 9.86. The number of carboxylic acid groups (broad SMARTS) is 1. The average molecular weight is 477 g/mol. The smallest absolute Gasteiger partial charge is 0.407 e. The minimum atomic E-state index is -0.806. The van der Waals surface area contributed by atoms with Crippen molar-refractivity contribution in [2.75, 3.05) is 19.7 Å². The molecule has 2 N–H and O–H groups in total. The van der Waals surface area contributed by atoms with E-state index in [-0.39, 0.29) is 29.7 Å². The Morgan fingerprint density at radius 1 is 1.03 bits per heavy atom. The molecule has 1 saturated heterocycles. The van der Waals surface area contributed by atoms with Crippen LogP contribution < -0.4 is 5.32 Å². The first kappa shape index (κ1) is 23.4. The van der Waals surface area contributed by atoms with Gasteiger partial charge in [-0.05, 0) is 47.4 Å². The molecule has 1 heterocycles. The predicted octanol–water partition coefficient (Wildman–Crippen LogP) is 4.26. The fourth-order valence-corrected chi connectivity index (χ4v) is 5.81. The quantitative estimate of drug-likeness (QED) is 0.622. The number of likely N-dealkylation sites (tertiary alicyclic amines) is 1. The Morgan fingerprint density at radius 2 is 1.66 bits per heavy atom. The first-order valence-corrected chi connectivity index (χ1v) is 12.5. The second-order valence-corrected chi connectivity index (χ2v) is 10.2. The van der Waals surface area contributed by atoms with Crippen LogP contribution in [0.15, 0.2) is 48.5 Å². The van der Waals surface area contributed by atoms with Gasteiger partial charge in [-0.3, -0.25) is 9.59 Å². The highest BCUT2D eigenvalue weighted by molar-refractivity contribution is 5.79. The number of ether oxygens (including phenoxy) is 1. The Hall–Kier alpha value is -3.35. The molecule has 0 radical (unpaired) electrons. The van der Waals surface area contributed by atoms with Crippen molar-refractivity contribution in [1.82, 2.24) is 10.2 Å². The number of benzene rings is 2. The molecule has 2 amide bonds. The van der Waals surface area contributed by atoms with Gasteiger partial charge in [-0.2, -0.15) is 0 Å². The molecule has 184 valence electrons. The molecule has 0 bridgehead atoms. The van der Waals surface area contributed by atoms with Gasteiger partial charge < -0.3 is 20.1 Å². The normalized spacial score (nSPS) is 22.1. The molecule has 7 heteroatoms. The van der Waals surface area contributed by atoms with Gasteiger partial charge in [0.05, 0.1) is 5.92 Å². The monoisotopic (exact) mass is 476 g/mol. The van der Waals surface area contributed by atoms with E-state index in [4.69, 9.17) is 9.84 Å². The molecule has 0 spiro atoms. The summed E-state index contributed by atoms with van der Waals surface area (Å²) in [6, 6.07) is 16.5. The summed E-state index contributed by atoms with van der Waals surface area (Å²) in [4.78, 5) is 38.0. The van der Waals surface area contributed by atoms with Gasteiger partial charge in [0.1, 0.15) is 6.61 Å². The molecule has 1 saturated carbocycles. The third-order valence-electron chi connectivity index (χ3n) is 8.03. The summed E-state index contributed by atoms with van der Waals surface area (Å²) >= 11 is 0. The Balaban J connectivity index is 1.07.